The molecule has 3 saturated heterocycles. The molecule has 1 spiro atoms. The Morgan fingerprint density at radius 1 is 1.10 bits per heavy atom. The lowest BCUT2D eigenvalue weighted by Crippen LogP contribution is -2.57. The number of carbonyl (C=O) groups is 4. The minimum Gasteiger partial charge on any atom is -0.455 e. The van der Waals surface area contributed by atoms with E-state index in [0.29, 0.717) is 42.0 Å². The van der Waals surface area contributed by atoms with E-state index in [-0.39, 0.29) is 55.2 Å². The normalized spacial score (nSPS) is 25.5. The predicted octanol–water partition coefficient (Wildman–Crippen LogP) is 5.53. The fraction of sp³-hybridized carbons (Fsp3) is 0.474. The van der Waals surface area contributed by atoms with Crippen LogP contribution in [0.3, 0.4) is 0 Å². The molecule has 3 amide bonds. The summed E-state index contributed by atoms with van der Waals surface area (Å²) in [5, 5.41) is 12.6. The standard InChI is InChI=1S/C38H45BrClN3O7/c1-3-5-15-30(45)41-24-29(25-13-9-8-10-14-25)49-37(48)31-32-35(46)43(21-11-6-7-12-22-44)34(38(32)23-28(39)33(31)50-38)36(47)42(20-4-2)27-18-16-26(40)17-19-27/h3-4,8-10,13-14,16-19,28-29,31-34,44H,1-2,5-7,11-12,15,20-24H2,(H,41,45)/t28?,29-,31+,32-,33+,34+,38-/m0/s1. The fourth-order valence-electron chi connectivity index (χ4n) is 7.53. The van der Waals surface area contributed by atoms with E-state index >= 15 is 0 Å². The third-order valence-electron chi connectivity index (χ3n) is 9.81. The van der Waals surface area contributed by atoms with Gasteiger partial charge in [0.25, 0.3) is 5.91 Å². The van der Waals surface area contributed by atoms with Crippen molar-refractivity contribution in [3.63, 3.8) is 0 Å². The highest BCUT2D eigenvalue weighted by molar-refractivity contribution is 9.09. The van der Waals surface area contributed by atoms with Gasteiger partial charge in [-0.2, -0.15) is 0 Å². The number of carbonyl (C=O) groups excluding carboxylic acids is 4. The van der Waals surface area contributed by atoms with E-state index in [9.17, 15) is 24.3 Å². The number of nitrogens with one attached hydrogen (secondary N) is 1. The lowest BCUT2D eigenvalue weighted by molar-refractivity contribution is -0.160. The molecule has 3 fully saturated rings. The minimum absolute atomic E-state index is 0.0458. The Morgan fingerprint density at radius 2 is 1.82 bits per heavy atom. The zero-order valence-electron chi connectivity index (χ0n) is 28.1. The van der Waals surface area contributed by atoms with E-state index in [1.54, 1.807) is 46.2 Å². The molecule has 3 aliphatic rings. The Balaban J connectivity index is 1.47. The predicted molar refractivity (Wildman–Crippen MR) is 195 cm³/mol. The van der Waals surface area contributed by atoms with Gasteiger partial charge < -0.3 is 29.7 Å². The summed E-state index contributed by atoms with van der Waals surface area (Å²) in [5.41, 5.74) is 0.000951. The first-order valence-corrected chi connectivity index (χ1v) is 18.5. The Morgan fingerprint density at radius 3 is 2.50 bits per heavy atom. The summed E-state index contributed by atoms with van der Waals surface area (Å²) < 4.78 is 12.9. The van der Waals surface area contributed by atoms with Crippen LogP contribution >= 0.6 is 27.5 Å². The number of halogens is 2. The van der Waals surface area contributed by atoms with Crippen molar-refractivity contribution in [2.75, 3.05) is 31.1 Å². The molecule has 50 heavy (non-hydrogen) atoms. The van der Waals surface area contributed by atoms with Gasteiger partial charge in [0.2, 0.25) is 11.8 Å². The highest BCUT2D eigenvalue weighted by atomic mass is 79.9. The van der Waals surface area contributed by atoms with E-state index in [1.165, 1.54) is 0 Å². The lowest BCUT2D eigenvalue weighted by Gasteiger charge is -2.37. The van der Waals surface area contributed by atoms with Crippen LogP contribution in [-0.4, -0.2) is 82.5 Å². The second-order valence-corrected chi connectivity index (χ2v) is 14.6. The van der Waals surface area contributed by atoms with Gasteiger partial charge in [-0.3, -0.25) is 19.2 Å². The molecule has 2 N–H and O–H groups in total. The first-order valence-electron chi connectivity index (χ1n) is 17.2. The van der Waals surface area contributed by atoms with Crippen molar-refractivity contribution >= 4 is 56.9 Å². The molecule has 3 heterocycles. The second kappa shape index (κ2) is 17.1. The molecule has 5 rings (SSSR count). The van der Waals surface area contributed by atoms with E-state index in [1.807, 2.05) is 30.3 Å². The number of amides is 3. The number of hydrogen-bond acceptors (Lipinski definition) is 7. The van der Waals surface area contributed by atoms with Crippen LogP contribution in [0.4, 0.5) is 5.69 Å². The van der Waals surface area contributed by atoms with Gasteiger partial charge in [0.05, 0.1) is 24.5 Å². The monoisotopic (exact) mass is 769 g/mol. The molecule has 0 aromatic heterocycles. The summed E-state index contributed by atoms with van der Waals surface area (Å²) in [6.07, 6.45) is 5.67. The van der Waals surface area contributed by atoms with Gasteiger partial charge in [-0.05, 0) is 55.5 Å². The van der Waals surface area contributed by atoms with Gasteiger partial charge >= 0.3 is 5.97 Å². The maximum Gasteiger partial charge on any atom is 0.313 e. The largest absolute Gasteiger partial charge is 0.455 e. The van der Waals surface area contributed by atoms with Crippen LogP contribution in [0.15, 0.2) is 79.9 Å². The fourth-order valence-corrected chi connectivity index (χ4v) is 8.60. The SMILES string of the molecule is C=CCCC(=O)NC[C@H](OC(=O)[C@H]1[C@@H]2O[C@@]3(CC2Br)[C@@H]1C(=O)N(CCCCCCO)[C@@H]3C(=O)N(CC=C)c1ccc(Cl)cc1)c1ccccc1. The number of likely N-dealkylation sites (tertiary alicyclic amines) is 1. The van der Waals surface area contributed by atoms with E-state index in [4.69, 9.17) is 21.1 Å². The van der Waals surface area contributed by atoms with E-state index < -0.39 is 41.7 Å². The molecule has 2 aromatic rings. The number of alkyl halides is 1. The summed E-state index contributed by atoms with van der Waals surface area (Å²) >= 11 is 9.90. The second-order valence-electron chi connectivity index (χ2n) is 13.0. The average Bonchev–Trinajstić information content (AvgIpc) is 3.71. The van der Waals surface area contributed by atoms with Gasteiger partial charge in [-0.1, -0.05) is 82.9 Å². The van der Waals surface area contributed by atoms with Crippen LogP contribution in [0.2, 0.25) is 5.02 Å². The third-order valence-corrected chi connectivity index (χ3v) is 10.9. The van der Waals surface area contributed by atoms with Crippen molar-refractivity contribution in [2.45, 2.75) is 73.6 Å². The molecule has 0 saturated carbocycles. The number of unbranched alkanes of at least 4 members (excludes halogenated alkanes) is 3. The maximum atomic E-state index is 14.8. The van der Waals surface area contributed by atoms with Crippen LogP contribution in [-0.2, 0) is 28.7 Å². The molecule has 12 heteroatoms. The molecule has 268 valence electrons. The Hall–Kier alpha value is -3.51. The Kier molecular flexibility index (Phi) is 12.9. The first-order chi connectivity index (χ1) is 24.2. The van der Waals surface area contributed by atoms with Crippen molar-refractivity contribution in [3.05, 3.63) is 90.5 Å². The molecule has 1 unspecified atom stereocenters. The molecule has 7 atom stereocenters. The minimum atomic E-state index is -1.28. The van der Waals surface area contributed by atoms with Crippen molar-refractivity contribution in [1.29, 1.82) is 0 Å². The summed E-state index contributed by atoms with van der Waals surface area (Å²) in [6.45, 7) is 8.13. The zero-order valence-corrected chi connectivity index (χ0v) is 30.4. The molecular formula is C38H45BrClN3O7. The number of aliphatic hydroxyl groups is 1. The molecule has 0 aliphatic carbocycles. The number of anilines is 1. The van der Waals surface area contributed by atoms with Crippen molar-refractivity contribution in [3.8, 4) is 0 Å². The van der Waals surface area contributed by atoms with Crippen molar-refractivity contribution in [1.82, 2.24) is 10.2 Å². The number of allylic oxidation sites excluding steroid dienone is 1. The van der Waals surface area contributed by atoms with Crippen LogP contribution in [0.5, 0.6) is 0 Å². The van der Waals surface area contributed by atoms with Crippen LogP contribution in [0, 0.1) is 11.8 Å². The summed E-state index contributed by atoms with van der Waals surface area (Å²) in [7, 11) is 0. The average molecular weight is 771 g/mol. The maximum absolute atomic E-state index is 14.8. The number of fused-ring (bicyclic) bond motifs is 1. The molecule has 2 bridgehead atoms. The summed E-state index contributed by atoms with van der Waals surface area (Å²) in [6, 6.07) is 15.0. The smallest absolute Gasteiger partial charge is 0.313 e. The van der Waals surface area contributed by atoms with E-state index in [0.717, 1.165) is 12.8 Å². The number of esters is 1. The van der Waals surface area contributed by atoms with Gasteiger partial charge in [0.1, 0.15) is 17.7 Å². The number of hydrogen-bond donors (Lipinski definition) is 2. The number of benzene rings is 2. The topological polar surface area (TPSA) is 125 Å². The Labute approximate surface area is 306 Å². The highest BCUT2D eigenvalue weighted by Gasteiger charge is 2.77. The van der Waals surface area contributed by atoms with Crippen molar-refractivity contribution < 1.29 is 33.8 Å². The number of rotatable bonds is 18. The van der Waals surface area contributed by atoms with Crippen LogP contribution < -0.4 is 10.2 Å². The Bertz CT molecular complexity index is 1540. The molecular weight excluding hydrogens is 726 g/mol. The molecule has 10 nitrogen and oxygen atoms in total. The quantitative estimate of drug-likeness (QED) is 0.0885. The third kappa shape index (κ3) is 7.86. The lowest BCUT2D eigenvalue weighted by atomic mass is 9.70. The van der Waals surface area contributed by atoms with Crippen molar-refractivity contribution in [2.24, 2.45) is 11.8 Å². The van der Waals surface area contributed by atoms with Crippen LogP contribution in [0.25, 0.3) is 0 Å². The molecule has 2 aromatic carbocycles. The van der Waals surface area contributed by atoms with E-state index in [2.05, 4.69) is 34.4 Å². The number of aliphatic hydroxyl groups excluding tert-OH is 1. The van der Waals surface area contributed by atoms with Crippen LogP contribution in [0.1, 0.15) is 56.6 Å². The molecule has 3 aliphatic heterocycles. The first kappa shape index (κ1) is 37.7. The van der Waals surface area contributed by atoms with Gasteiger partial charge in [0, 0.05) is 41.7 Å². The number of ether oxygens (including phenoxy) is 2. The zero-order chi connectivity index (χ0) is 35.8. The van der Waals surface area contributed by atoms with Gasteiger partial charge in [-0.25, -0.2) is 0 Å². The van der Waals surface area contributed by atoms with Gasteiger partial charge in [0.15, 0.2) is 0 Å². The summed E-state index contributed by atoms with van der Waals surface area (Å²) in [5.74, 6) is -3.41. The van der Waals surface area contributed by atoms with Gasteiger partial charge in [-0.15, -0.1) is 13.2 Å². The highest BCUT2D eigenvalue weighted by Crippen LogP contribution is 2.60. The number of nitrogens with zero attached hydrogens (tertiary/aromatic N) is 2. The molecule has 0 radical (unpaired) electrons. The summed E-state index contributed by atoms with van der Waals surface area (Å²) in [4.78, 5) is 59.0.